The van der Waals surface area contributed by atoms with E-state index in [1.807, 2.05) is 0 Å². The SMILES string of the molecule is CC(C)N=CNC(C)C.CC(C)N=CNC(C)C.CC(C)N=CNC(C)C.[Yb+3]. The molecule has 0 amide bonds. The Balaban J connectivity index is -0.000000152. The molecular formula is C21H48N6Yb+3. The number of hydrogen-bond acceptors (Lipinski definition) is 3. The van der Waals surface area contributed by atoms with E-state index in [1.165, 1.54) is 0 Å². The summed E-state index contributed by atoms with van der Waals surface area (Å²) >= 11 is 0. The van der Waals surface area contributed by atoms with E-state index in [0.29, 0.717) is 36.3 Å². The summed E-state index contributed by atoms with van der Waals surface area (Å²) in [6.45, 7) is 24.9. The van der Waals surface area contributed by atoms with Gasteiger partial charge >= 0.3 is 46.9 Å². The molecule has 173 valence electrons. The third-order valence-electron chi connectivity index (χ3n) is 2.34. The van der Waals surface area contributed by atoms with Crippen LogP contribution in [0.1, 0.15) is 83.1 Å². The number of nitrogens with zero attached hydrogens (tertiary/aromatic N) is 3. The van der Waals surface area contributed by atoms with Crippen LogP contribution in [0.15, 0.2) is 15.0 Å². The Morgan fingerprint density at radius 2 is 0.607 bits per heavy atom. The molecule has 7 heteroatoms. The molecule has 28 heavy (non-hydrogen) atoms. The summed E-state index contributed by atoms with van der Waals surface area (Å²) in [4.78, 5) is 12.4. The minimum Gasteiger partial charge on any atom is -0.374 e. The Morgan fingerprint density at radius 1 is 0.429 bits per heavy atom. The number of rotatable bonds is 9. The van der Waals surface area contributed by atoms with Gasteiger partial charge in [-0.15, -0.1) is 0 Å². The summed E-state index contributed by atoms with van der Waals surface area (Å²) in [6, 6.07) is 2.68. The first-order chi connectivity index (χ1) is 12.4. The van der Waals surface area contributed by atoms with Crippen molar-refractivity contribution in [2.45, 2.75) is 119 Å². The van der Waals surface area contributed by atoms with Crippen molar-refractivity contribution in [3.05, 3.63) is 0 Å². The molecule has 0 saturated carbocycles. The van der Waals surface area contributed by atoms with Crippen LogP contribution >= 0.6 is 0 Å². The molecule has 6 nitrogen and oxygen atoms in total. The molecule has 0 fully saturated rings. The quantitative estimate of drug-likeness (QED) is 0.293. The second kappa shape index (κ2) is 25.0. The fraction of sp³-hybridized carbons (Fsp3) is 0.857. The molecule has 0 unspecified atom stereocenters. The van der Waals surface area contributed by atoms with E-state index in [1.54, 1.807) is 19.0 Å². The molecule has 0 aromatic heterocycles. The summed E-state index contributed by atoms with van der Waals surface area (Å²) < 4.78 is 0. The predicted molar refractivity (Wildman–Crippen MR) is 126 cm³/mol. The smallest absolute Gasteiger partial charge is 0.374 e. The van der Waals surface area contributed by atoms with Gasteiger partial charge in [0.15, 0.2) is 0 Å². The van der Waals surface area contributed by atoms with E-state index in [9.17, 15) is 0 Å². The van der Waals surface area contributed by atoms with Gasteiger partial charge in [-0.25, -0.2) is 0 Å². The summed E-state index contributed by atoms with van der Waals surface area (Å²) in [5.41, 5.74) is 0. The van der Waals surface area contributed by atoms with Gasteiger partial charge in [-0.1, -0.05) is 0 Å². The van der Waals surface area contributed by atoms with Crippen molar-refractivity contribution in [3.8, 4) is 0 Å². The Labute approximate surface area is 214 Å². The fourth-order valence-corrected chi connectivity index (χ4v) is 1.02. The van der Waals surface area contributed by atoms with Crippen LogP contribution in [-0.2, 0) is 0 Å². The maximum Gasteiger partial charge on any atom is 3.00 e. The van der Waals surface area contributed by atoms with Gasteiger partial charge in [0.05, 0.1) is 19.0 Å². The van der Waals surface area contributed by atoms with Gasteiger partial charge < -0.3 is 16.0 Å². The minimum absolute atomic E-state index is 0. The summed E-state index contributed by atoms with van der Waals surface area (Å²) in [5, 5.41) is 9.26. The standard InChI is InChI=1S/3C7H16N2.Yb/c3*1-6(2)8-5-9-7(3)4;/h3*5-7H,1-4H3,(H,8,9);/q;;;+3. The van der Waals surface area contributed by atoms with E-state index in [2.05, 4.69) is 114 Å². The Kier molecular flexibility index (Phi) is 31.5. The van der Waals surface area contributed by atoms with Crippen LogP contribution in [-0.4, -0.2) is 55.3 Å². The third-order valence-corrected chi connectivity index (χ3v) is 2.34. The normalized spacial score (nSPS) is 11.4. The van der Waals surface area contributed by atoms with Gasteiger partial charge in [-0.3, -0.25) is 15.0 Å². The van der Waals surface area contributed by atoms with Gasteiger partial charge in [-0.2, -0.15) is 0 Å². The molecule has 0 saturated heterocycles. The van der Waals surface area contributed by atoms with Crippen LogP contribution < -0.4 is 16.0 Å². The maximum atomic E-state index is 4.13. The van der Waals surface area contributed by atoms with Gasteiger partial charge in [0.1, 0.15) is 0 Å². The molecule has 1 radical (unpaired) electrons. The second-order valence-corrected chi connectivity index (χ2v) is 8.08. The first-order valence-electron chi connectivity index (χ1n) is 10.2. The van der Waals surface area contributed by atoms with Crippen molar-refractivity contribution in [2.75, 3.05) is 0 Å². The van der Waals surface area contributed by atoms with Crippen molar-refractivity contribution >= 4 is 19.0 Å². The average molecular weight is 558 g/mol. The third kappa shape index (κ3) is 50.1. The van der Waals surface area contributed by atoms with Crippen LogP contribution in [0.2, 0.25) is 0 Å². The van der Waals surface area contributed by atoms with E-state index in [-0.39, 0.29) is 46.9 Å². The molecule has 0 bridgehead atoms. The average Bonchev–Trinajstić information content (AvgIpc) is 2.46. The zero-order valence-corrected chi connectivity index (χ0v) is 22.0. The van der Waals surface area contributed by atoms with Crippen LogP contribution in [0, 0.1) is 46.9 Å². The predicted octanol–water partition coefficient (Wildman–Crippen LogP) is 4.26. The summed E-state index contributed by atoms with van der Waals surface area (Å²) in [6.07, 6.45) is 5.32. The molecule has 0 aliphatic rings. The molecular weight excluding hydrogens is 509 g/mol. The van der Waals surface area contributed by atoms with Crippen molar-refractivity contribution in [1.82, 2.24) is 16.0 Å². The summed E-state index contributed by atoms with van der Waals surface area (Å²) in [7, 11) is 0. The van der Waals surface area contributed by atoms with Gasteiger partial charge in [-0.05, 0) is 83.1 Å². The van der Waals surface area contributed by atoms with E-state index < -0.39 is 0 Å². The van der Waals surface area contributed by atoms with Crippen molar-refractivity contribution in [3.63, 3.8) is 0 Å². The molecule has 0 aliphatic carbocycles. The number of hydrogen-bond donors (Lipinski definition) is 3. The van der Waals surface area contributed by atoms with Crippen LogP contribution in [0.3, 0.4) is 0 Å². The van der Waals surface area contributed by atoms with E-state index in [4.69, 9.17) is 0 Å². The Morgan fingerprint density at radius 3 is 0.714 bits per heavy atom. The summed E-state index contributed by atoms with van der Waals surface area (Å²) in [5.74, 6) is 0. The molecule has 0 atom stereocenters. The second-order valence-electron chi connectivity index (χ2n) is 8.08. The minimum atomic E-state index is 0. The molecule has 0 spiro atoms. The van der Waals surface area contributed by atoms with Crippen LogP contribution in [0.25, 0.3) is 0 Å². The van der Waals surface area contributed by atoms with Crippen molar-refractivity contribution < 1.29 is 46.9 Å². The molecule has 0 aromatic carbocycles. The Bertz CT molecular complexity index is 318. The Hall–Kier alpha value is -0.0705. The largest absolute Gasteiger partial charge is 3.00 e. The molecule has 0 heterocycles. The van der Waals surface area contributed by atoms with Crippen molar-refractivity contribution in [2.24, 2.45) is 15.0 Å². The first kappa shape index (κ1) is 35.4. The molecule has 0 aliphatic heterocycles. The maximum absolute atomic E-state index is 4.13. The topological polar surface area (TPSA) is 73.2 Å². The van der Waals surface area contributed by atoms with Crippen molar-refractivity contribution in [1.29, 1.82) is 0 Å². The zero-order valence-electron chi connectivity index (χ0n) is 20.3. The van der Waals surface area contributed by atoms with Crippen LogP contribution in [0.5, 0.6) is 0 Å². The van der Waals surface area contributed by atoms with Gasteiger partial charge in [0.25, 0.3) is 0 Å². The van der Waals surface area contributed by atoms with Gasteiger partial charge in [0, 0.05) is 36.3 Å². The monoisotopic (exact) mass is 558 g/mol. The van der Waals surface area contributed by atoms with Crippen LogP contribution in [0.4, 0.5) is 0 Å². The van der Waals surface area contributed by atoms with E-state index >= 15 is 0 Å². The molecule has 0 aromatic rings. The number of nitrogens with one attached hydrogen (secondary N) is 3. The van der Waals surface area contributed by atoms with E-state index in [0.717, 1.165) is 0 Å². The molecule has 0 rings (SSSR count). The first-order valence-corrected chi connectivity index (χ1v) is 10.2. The van der Waals surface area contributed by atoms with Gasteiger partial charge in [0.2, 0.25) is 0 Å². The fourth-order valence-electron chi connectivity index (χ4n) is 1.02. The number of aliphatic imine (C=N–C) groups is 3. The molecule has 3 N–H and O–H groups in total. The zero-order chi connectivity index (χ0) is 21.8.